The van der Waals surface area contributed by atoms with Gasteiger partial charge in [0.15, 0.2) is 0 Å². The molecular weight excluding hydrogens is 280 g/mol. The Morgan fingerprint density at radius 2 is 1.88 bits per heavy atom. The van der Waals surface area contributed by atoms with E-state index in [4.69, 9.17) is 5.73 Å². The topological polar surface area (TPSA) is 63.8 Å². The quantitative estimate of drug-likeness (QED) is 0.720. The Labute approximate surface area is 112 Å². The zero-order chi connectivity index (χ0) is 12.5. The molecule has 0 radical (unpaired) electrons. The van der Waals surface area contributed by atoms with E-state index in [1.54, 1.807) is 0 Å². The van der Waals surface area contributed by atoms with Crippen LogP contribution in [-0.4, -0.2) is 16.5 Å². The van der Waals surface area contributed by atoms with Gasteiger partial charge in [0.05, 0.1) is 0 Å². The first-order valence-corrected chi connectivity index (χ1v) is 7.04. The highest BCUT2D eigenvalue weighted by Crippen LogP contribution is 2.23. The van der Waals surface area contributed by atoms with E-state index in [2.05, 4.69) is 38.1 Å². The maximum atomic E-state index is 5.67. The number of halogens is 1. The average Bonchev–Trinajstić information content (AvgIpc) is 2.33. The molecule has 0 spiro atoms. The predicted octanol–water partition coefficient (Wildman–Crippen LogP) is 3.59. The number of aromatic nitrogens is 2. The van der Waals surface area contributed by atoms with E-state index in [1.165, 1.54) is 44.9 Å². The highest BCUT2D eigenvalue weighted by molar-refractivity contribution is 9.10. The minimum absolute atomic E-state index is 0.477. The molecule has 96 valence electrons. The first-order chi connectivity index (χ1) is 8.25. The molecule has 3 N–H and O–H groups in total. The van der Waals surface area contributed by atoms with Gasteiger partial charge in [-0.15, -0.1) is 0 Å². The van der Waals surface area contributed by atoms with Crippen molar-refractivity contribution in [1.29, 1.82) is 0 Å². The van der Waals surface area contributed by atoms with Gasteiger partial charge in [0.1, 0.15) is 22.4 Å². The van der Waals surface area contributed by atoms with Crippen LogP contribution < -0.4 is 11.1 Å². The molecule has 5 heteroatoms. The van der Waals surface area contributed by atoms with Crippen LogP contribution in [0.1, 0.15) is 45.4 Å². The third-order valence-electron chi connectivity index (χ3n) is 2.64. The lowest BCUT2D eigenvalue weighted by molar-refractivity contribution is 0.616. The van der Waals surface area contributed by atoms with Crippen molar-refractivity contribution in [3.63, 3.8) is 0 Å². The lowest BCUT2D eigenvalue weighted by Crippen LogP contribution is -2.06. The summed E-state index contributed by atoms with van der Waals surface area (Å²) >= 11 is 3.37. The maximum absolute atomic E-state index is 5.67. The van der Waals surface area contributed by atoms with Gasteiger partial charge in [0, 0.05) is 6.54 Å². The summed E-state index contributed by atoms with van der Waals surface area (Å²) in [5.74, 6) is 1.26. The fourth-order valence-electron chi connectivity index (χ4n) is 1.62. The third-order valence-corrected chi connectivity index (χ3v) is 3.42. The summed E-state index contributed by atoms with van der Waals surface area (Å²) in [7, 11) is 0. The molecule has 1 rings (SSSR count). The lowest BCUT2D eigenvalue weighted by Gasteiger charge is -2.07. The van der Waals surface area contributed by atoms with E-state index in [9.17, 15) is 0 Å². The summed E-state index contributed by atoms with van der Waals surface area (Å²) in [6.45, 7) is 3.17. The average molecular weight is 301 g/mol. The van der Waals surface area contributed by atoms with Gasteiger partial charge in [-0.05, 0) is 22.4 Å². The fraction of sp³-hybridized carbons (Fsp3) is 0.667. The van der Waals surface area contributed by atoms with Crippen LogP contribution in [0.2, 0.25) is 0 Å². The molecule has 0 aliphatic carbocycles. The first kappa shape index (κ1) is 14.2. The van der Waals surface area contributed by atoms with Crippen molar-refractivity contribution in [2.75, 3.05) is 17.6 Å². The van der Waals surface area contributed by atoms with Gasteiger partial charge in [0.25, 0.3) is 0 Å². The van der Waals surface area contributed by atoms with Crippen molar-refractivity contribution in [3.8, 4) is 0 Å². The molecule has 0 aliphatic heterocycles. The molecule has 0 atom stereocenters. The van der Waals surface area contributed by atoms with E-state index in [1.807, 2.05) is 0 Å². The molecule has 1 aromatic heterocycles. The van der Waals surface area contributed by atoms with Crippen molar-refractivity contribution in [2.45, 2.75) is 45.4 Å². The maximum Gasteiger partial charge on any atom is 0.145 e. The Hall–Kier alpha value is -0.840. The molecule has 0 bridgehead atoms. The number of rotatable bonds is 8. The van der Waals surface area contributed by atoms with Crippen LogP contribution in [0.25, 0.3) is 0 Å². The van der Waals surface area contributed by atoms with Crippen LogP contribution in [0.3, 0.4) is 0 Å². The largest absolute Gasteiger partial charge is 0.383 e. The number of nitrogens with zero attached hydrogens (tertiary/aromatic N) is 2. The van der Waals surface area contributed by atoms with Crippen molar-refractivity contribution in [3.05, 3.63) is 10.8 Å². The fourth-order valence-corrected chi connectivity index (χ4v) is 1.96. The second kappa shape index (κ2) is 8.28. The Kier molecular flexibility index (Phi) is 6.93. The second-order valence-corrected chi connectivity index (χ2v) is 4.91. The Morgan fingerprint density at radius 3 is 2.65 bits per heavy atom. The Balaban J connectivity index is 2.16. The molecule has 17 heavy (non-hydrogen) atoms. The Morgan fingerprint density at radius 1 is 1.18 bits per heavy atom. The monoisotopic (exact) mass is 300 g/mol. The number of hydrogen-bond donors (Lipinski definition) is 2. The number of hydrogen-bond acceptors (Lipinski definition) is 4. The van der Waals surface area contributed by atoms with Gasteiger partial charge in [-0.1, -0.05) is 39.0 Å². The SMILES string of the molecule is CCCCCCCCNc1ncnc(N)c1Br. The molecule has 0 saturated heterocycles. The molecule has 1 aromatic rings. The molecular formula is C12H21BrN4. The number of anilines is 2. The molecule has 0 unspecified atom stereocenters. The van der Waals surface area contributed by atoms with Crippen LogP contribution >= 0.6 is 15.9 Å². The number of nitrogens with two attached hydrogens (primary N) is 1. The molecule has 0 aliphatic rings. The zero-order valence-corrected chi connectivity index (χ0v) is 12.0. The molecule has 0 amide bonds. The van der Waals surface area contributed by atoms with Gasteiger partial charge in [-0.25, -0.2) is 9.97 Å². The molecule has 0 fully saturated rings. The van der Waals surface area contributed by atoms with E-state index < -0.39 is 0 Å². The second-order valence-electron chi connectivity index (χ2n) is 4.12. The lowest BCUT2D eigenvalue weighted by atomic mass is 10.1. The van der Waals surface area contributed by atoms with Gasteiger partial charge in [-0.3, -0.25) is 0 Å². The van der Waals surface area contributed by atoms with Crippen LogP contribution in [0.15, 0.2) is 10.8 Å². The standard InChI is InChI=1S/C12H21BrN4/c1-2-3-4-5-6-7-8-15-12-10(13)11(14)16-9-17-12/h9H,2-8H2,1H3,(H3,14,15,16,17). The summed E-state index contributed by atoms with van der Waals surface area (Å²) in [5, 5.41) is 3.27. The summed E-state index contributed by atoms with van der Waals surface area (Å²) in [6.07, 6.45) is 9.23. The molecule has 1 heterocycles. The summed E-state index contributed by atoms with van der Waals surface area (Å²) in [4.78, 5) is 8.03. The molecule has 4 nitrogen and oxygen atoms in total. The summed E-state index contributed by atoms with van der Waals surface area (Å²) in [6, 6.07) is 0. The predicted molar refractivity (Wildman–Crippen MR) is 76.0 cm³/mol. The first-order valence-electron chi connectivity index (χ1n) is 6.25. The third kappa shape index (κ3) is 5.35. The molecule has 0 aromatic carbocycles. The van der Waals surface area contributed by atoms with Gasteiger partial charge < -0.3 is 11.1 Å². The summed E-state index contributed by atoms with van der Waals surface area (Å²) in [5.41, 5.74) is 5.67. The highest BCUT2D eigenvalue weighted by atomic mass is 79.9. The van der Waals surface area contributed by atoms with Crippen LogP contribution in [0, 0.1) is 0 Å². The van der Waals surface area contributed by atoms with E-state index in [-0.39, 0.29) is 0 Å². The van der Waals surface area contributed by atoms with Crippen molar-refractivity contribution in [1.82, 2.24) is 9.97 Å². The zero-order valence-electron chi connectivity index (χ0n) is 10.4. The highest BCUT2D eigenvalue weighted by Gasteiger charge is 2.04. The van der Waals surface area contributed by atoms with E-state index in [0.29, 0.717) is 5.82 Å². The number of unbranched alkanes of at least 4 members (excludes halogenated alkanes) is 5. The van der Waals surface area contributed by atoms with E-state index in [0.717, 1.165) is 16.8 Å². The van der Waals surface area contributed by atoms with Crippen molar-refractivity contribution in [2.24, 2.45) is 0 Å². The van der Waals surface area contributed by atoms with Crippen molar-refractivity contribution < 1.29 is 0 Å². The molecule has 0 saturated carbocycles. The van der Waals surface area contributed by atoms with Crippen LogP contribution in [-0.2, 0) is 0 Å². The van der Waals surface area contributed by atoms with Gasteiger partial charge >= 0.3 is 0 Å². The van der Waals surface area contributed by atoms with Crippen molar-refractivity contribution >= 4 is 27.6 Å². The number of nitrogens with one attached hydrogen (secondary N) is 1. The van der Waals surface area contributed by atoms with E-state index >= 15 is 0 Å². The van der Waals surface area contributed by atoms with Crippen LogP contribution in [0.4, 0.5) is 11.6 Å². The van der Waals surface area contributed by atoms with Gasteiger partial charge in [-0.2, -0.15) is 0 Å². The normalized spacial score (nSPS) is 10.5. The summed E-state index contributed by atoms with van der Waals surface area (Å²) < 4.78 is 0.756. The van der Waals surface area contributed by atoms with Gasteiger partial charge in [0.2, 0.25) is 0 Å². The number of nitrogen functional groups attached to an aromatic ring is 1. The Bertz CT molecular complexity index is 330. The smallest absolute Gasteiger partial charge is 0.145 e. The van der Waals surface area contributed by atoms with Crippen LogP contribution in [0.5, 0.6) is 0 Å². The minimum atomic E-state index is 0.477. The minimum Gasteiger partial charge on any atom is -0.383 e.